The van der Waals surface area contributed by atoms with Crippen molar-refractivity contribution in [2.75, 3.05) is 6.61 Å². The molecule has 0 saturated heterocycles. The molecule has 0 atom stereocenters. The molecule has 5 heteroatoms. The Morgan fingerprint density at radius 1 is 1.30 bits per heavy atom. The number of aryl methyl sites for hydroxylation is 1. The Labute approximate surface area is 117 Å². The molecule has 0 unspecified atom stereocenters. The first-order valence-corrected chi connectivity index (χ1v) is 6.25. The Morgan fingerprint density at radius 2 is 2.00 bits per heavy atom. The van der Waals surface area contributed by atoms with Gasteiger partial charge in [-0.1, -0.05) is 12.1 Å². The summed E-state index contributed by atoms with van der Waals surface area (Å²) in [6.07, 6.45) is 2.16. The molecule has 104 valence electrons. The highest BCUT2D eigenvalue weighted by Gasteiger charge is 2.14. The summed E-state index contributed by atoms with van der Waals surface area (Å²) in [6, 6.07) is 8.94. The van der Waals surface area contributed by atoms with E-state index in [0.717, 1.165) is 11.1 Å². The number of ether oxygens (including phenoxy) is 1. The number of aliphatic hydroxyl groups excluding tert-OH is 1. The second kappa shape index (κ2) is 6.16. The number of carbonyl (C=O) groups excluding carboxylic acids is 1. The van der Waals surface area contributed by atoms with E-state index in [1.165, 1.54) is 0 Å². The maximum atomic E-state index is 11.4. The summed E-state index contributed by atoms with van der Waals surface area (Å²) < 4.78 is 5.61. The van der Waals surface area contributed by atoms with Crippen molar-refractivity contribution >= 4 is 5.91 Å². The van der Waals surface area contributed by atoms with Gasteiger partial charge in [0.1, 0.15) is 11.3 Å². The van der Waals surface area contributed by atoms with E-state index in [0.29, 0.717) is 12.2 Å². The standard InChI is InChI=1S/C15H16N2O3/c1-10-6-8-17-15(13(10)14(16)19)20-12-4-2-11(3-5-12)7-9-18/h2-6,8,18H,7,9H2,1H3,(H2,16,19). The van der Waals surface area contributed by atoms with Gasteiger partial charge in [-0.05, 0) is 42.7 Å². The van der Waals surface area contributed by atoms with Crippen molar-refractivity contribution < 1.29 is 14.6 Å². The van der Waals surface area contributed by atoms with Gasteiger partial charge in [0.15, 0.2) is 0 Å². The normalized spacial score (nSPS) is 10.3. The lowest BCUT2D eigenvalue weighted by Crippen LogP contribution is -2.14. The molecule has 1 amide bonds. The number of carbonyl (C=O) groups is 1. The largest absolute Gasteiger partial charge is 0.438 e. The molecule has 0 spiro atoms. The number of aromatic nitrogens is 1. The van der Waals surface area contributed by atoms with Gasteiger partial charge in [0, 0.05) is 12.8 Å². The second-order valence-corrected chi connectivity index (χ2v) is 4.39. The Balaban J connectivity index is 2.26. The molecule has 5 nitrogen and oxygen atoms in total. The summed E-state index contributed by atoms with van der Waals surface area (Å²) in [4.78, 5) is 15.5. The third-order valence-electron chi connectivity index (χ3n) is 2.91. The van der Waals surface area contributed by atoms with Crippen molar-refractivity contribution in [1.29, 1.82) is 0 Å². The van der Waals surface area contributed by atoms with E-state index < -0.39 is 5.91 Å². The van der Waals surface area contributed by atoms with E-state index in [9.17, 15) is 4.79 Å². The number of hydrogen-bond acceptors (Lipinski definition) is 4. The van der Waals surface area contributed by atoms with Crippen molar-refractivity contribution in [2.45, 2.75) is 13.3 Å². The SMILES string of the molecule is Cc1ccnc(Oc2ccc(CCO)cc2)c1C(N)=O. The number of nitrogens with two attached hydrogens (primary N) is 1. The number of aliphatic hydroxyl groups is 1. The van der Waals surface area contributed by atoms with Gasteiger partial charge in [-0.3, -0.25) is 4.79 Å². The molecule has 20 heavy (non-hydrogen) atoms. The molecular formula is C15H16N2O3. The Kier molecular flexibility index (Phi) is 4.32. The molecule has 0 radical (unpaired) electrons. The van der Waals surface area contributed by atoms with E-state index in [4.69, 9.17) is 15.6 Å². The maximum Gasteiger partial charge on any atom is 0.254 e. The van der Waals surface area contributed by atoms with Gasteiger partial charge in [-0.15, -0.1) is 0 Å². The lowest BCUT2D eigenvalue weighted by molar-refractivity contribution is 0.0997. The van der Waals surface area contributed by atoms with Gasteiger partial charge in [-0.2, -0.15) is 0 Å². The van der Waals surface area contributed by atoms with Gasteiger partial charge < -0.3 is 15.6 Å². The molecule has 1 aromatic carbocycles. The van der Waals surface area contributed by atoms with E-state index in [1.807, 2.05) is 12.1 Å². The average molecular weight is 272 g/mol. The zero-order chi connectivity index (χ0) is 14.5. The van der Waals surface area contributed by atoms with Crippen molar-refractivity contribution in [3.63, 3.8) is 0 Å². The van der Waals surface area contributed by atoms with Crippen LogP contribution in [0.4, 0.5) is 0 Å². The lowest BCUT2D eigenvalue weighted by Gasteiger charge is -2.10. The van der Waals surface area contributed by atoms with Crippen LogP contribution >= 0.6 is 0 Å². The van der Waals surface area contributed by atoms with Crippen LogP contribution in [0.2, 0.25) is 0 Å². The number of rotatable bonds is 5. The first-order chi connectivity index (χ1) is 9.61. The summed E-state index contributed by atoms with van der Waals surface area (Å²) in [5.74, 6) is 0.196. The quantitative estimate of drug-likeness (QED) is 0.869. The molecule has 0 aliphatic carbocycles. The van der Waals surface area contributed by atoms with Crippen LogP contribution in [0.15, 0.2) is 36.5 Å². The average Bonchev–Trinajstić information content (AvgIpc) is 2.41. The smallest absolute Gasteiger partial charge is 0.254 e. The van der Waals surface area contributed by atoms with E-state index in [2.05, 4.69) is 4.98 Å². The van der Waals surface area contributed by atoms with E-state index in [1.54, 1.807) is 31.3 Å². The minimum absolute atomic E-state index is 0.103. The van der Waals surface area contributed by atoms with Crippen LogP contribution in [0.3, 0.4) is 0 Å². The fraction of sp³-hybridized carbons (Fsp3) is 0.200. The van der Waals surface area contributed by atoms with Crippen LogP contribution in [0.1, 0.15) is 21.5 Å². The number of primary amides is 1. The zero-order valence-corrected chi connectivity index (χ0v) is 11.2. The van der Waals surface area contributed by atoms with Crippen molar-refractivity contribution in [1.82, 2.24) is 4.98 Å². The number of hydrogen-bond donors (Lipinski definition) is 2. The van der Waals surface area contributed by atoms with Gasteiger partial charge in [0.05, 0.1) is 0 Å². The fourth-order valence-electron chi connectivity index (χ4n) is 1.88. The molecule has 1 aromatic heterocycles. The van der Waals surface area contributed by atoms with Crippen molar-refractivity contribution in [3.05, 3.63) is 53.2 Å². The van der Waals surface area contributed by atoms with Crippen molar-refractivity contribution in [3.8, 4) is 11.6 Å². The molecule has 0 aliphatic heterocycles. The zero-order valence-electron chi connectivity index (χ0n) is 11.2. The third-order valence-corrected chi connectivity index (χ3v) is 2.91. The second-order valence-electron chi connectivity index (χ2n) is 4.39. The van der Waals surface area contributed by atoms with Crippen LogP contribution in [0.5, 0.6) is 11.6 Å². The van der Waals surface area contributed by atoms with Gasteiger partial charge >= 0.3 is 0 Å². The maximum absolute atomic E-state index is 11.4. The number of nitrogens with zero attached hydrogens (tertiary/aromatic N) is 1. The molecular weight excluding hydrogens is 256 g/mol. The minimum Gasteiger partial charge on any atom is -0.438 e. The summed E-state index contributed by atoms with van der Waals surface area (Å²) in [7, 11) is 0. The Morgan fingerprint density at radius 3 is 2.60 bits per heavy atom. The van der Waals surface area contributed by atoms with Crippen LogP contribution in [-0.4, -0.2) is 22.6 Å². The number of pyridine rings is 1. The summed E-state index contributed by atoms with van der Waals surface area (Å²) >= 11 is 0. The van der Waals surface area contributed by atoms with Crippen LogP contribution < -0.4 is 10.5 Å². The fourth-order valence-corrected chi connectivity index (χ4v) is 1.88. The molecule has 3 N–H and O–H groups in total. The highest BCUT2D eigenvalue weighted by molar-refractivity contribution is 5.96. The molecule has 2 rings (SSSR count). The summed E-state index contributed by atoms with van der Waals surface area (Å²) in [5, 5.41) is 8.86. The van der Waals surface area contributed by atoms with Gasteiger partial charge in [0.25, 0.3) is 5.91 Å². The van der Waals surface area contributed by atoms with Crippen LogP contribution in [0.25, 0.3) is 0 Å². The molecule has 0 bridgehead atoms. The monoisotopic (exact) mass is 272 g/mol. The Bertz CT molecular complexity index is 609. The highest BCUT2D eigenvalue weighted by Crippen LogP contribution is 2.25. The molecule has 0 aliphatic rings. The van der Waals surface area contributed by atoms with Crippen LogP contribution in [-0.2, 0) is 6.42 Å². The van der Waals surface area contributed by atoms with Gasteiger partial charge in [-0.25, -0.2) is 4.98 Å². The first kappa shape index (κ1) is 14.0. The molecule has 0 saturated carbocycles. The minimum atomic E-state index is -0.567. The predicted octanol–water partition coefficient (Wildman–Crippen LogP) is 1.82. The molecule has 0 fully saturated rings. The molecule has 1 heterocycles. The topological polar surface area (TPSA) is 85.4 Å². The summed E-state index contributed by atoms with van der Waals surface area (Å²) in [6.45, 7) is 1.88. The third kappa shape index (κ3) is 3.13. The number of amides is 1. The molecule has 2 aromatic rings. The number of benzene rings is 1. The summed E-state index contributed by atoms with van der Waals surface area (Å²) in [5.41, 5.74) is 7.36. The Hall–Kier alpha value is -2.40. The first-order valence-electron chi connectivity index (χ1n) is 6.25. The van der Waals surface area contributed by atoms with E-state index in [-0.39, 0.29) is 18.1 Å². The highest BCUT2D eigenvalue weighted by atomic mass is 16.5. The van der Waals surface area contributed by atoms with Gasteiger partial charge in [0.2, 0.25) is 5.88 Å². The van der Waals surface area contributed by atoms with E-state index >= 15 is 0 Å². The van der Waals surface area contributed by atoms with Crippen molar-refractivity contribution in [2.24, 2.45) is 5.73 Å². The van der Waals surface area contributed by atoms with Crippen LogP contribution in [0, 0.1) is 6.92 Å². The lowest BCUT2D eigenvalue weighted by atomic mass is 10.1. The predicted molar refractivity (Wildman–Crippen MR) is 74.8 cm³/mol.